The van der Waals surface area contributed by atoms with E-state index in [0.29, 0.717) is 5.76 Å². The Kier molecular flexibility index (Phi) is 5.28. The molecule has 2 aromatic rings. The minimum Gasteiger partial charge on any atom is -0.466 e. The molecule has 1 aromatic carbocycles. The van der Waals surface area contributed by atoms with E-state index in [-0.39, 0.29) is 12.6 Å². The van der Waals surface area contributed by atoms with Crippen molar-refractivity contribution in [1.29, 1.82) is 0 Å². The molecule has 1 aromatic heterocycles. The zero-order chi connectivity index (χ0) is 17.7. The summed E-state index contributed by atoms with van der Waals surface area (Å²) in [5, 5.41) is 15.9. The number of benzene rings is 1. The van der Waals surface area contributed by atoms with Crippen LogP contribution in [-0.2, 0) is 5.60 Å². The molecule has 2 heterocycles. The van der Waals surface area contributed by atoms with Crippen molar-refractivity contribution in [2.24, 2.45) is 0 Å². The van der Waals surface area contributed by atoms with Gasteiger partial charge in [-0.15, -0.1) is 0 Å². The Labute approximate surface area is 147 Å². The van der Waals surface area contributed by atoms with Crippen LogP contribution in [0.4, 0.5) is 16.2 Å². The Morgan fingerprint density at radius 3 is 2.76 bits per heavy atom. The summed E-state index contributed by atoms with van der Waals surface area (Å²) >= 11 is 0. The molecule has 0 spiro atoms. The van der Waals surface area contributed by atoms with E-state index in [2.05, 4.69) is 21.6 Å². The first-order valence-corrected chi connectivity index (χ1v) is 8.71. The van der Waals surface area contributed by atoms with Crippen molar-refractivity contribution < 1.29 is 14.3 Å². The van der Waals surface area contributed by atoms with Gasteiger partial charge in [0.1, 0.15) is 11.4 Å². The van der Waals surface area contributed by atoms with E-state index < -0.39 is 5.60 Å². The summed E-state index contributed by atoms with van der Waals surface area (Å²) in [6.07, 6.45) is 5.20. The summed E-state index contributed by atoms with van der Waals surface area (Å²) in [5.41, 5.74) is 0.606. The van der Waals surface area contributed by atoms with Gasteiger partial charge in [0.25, 0.3) is 0 Å². The third kappa shape index (κ3) is 4.54. The number of aliphatic hydroxyl groups is 1. The molecule has 3 rings (SSSR count). The second-order valence-electron chi connectivity index (χ2n) is 6.66. The van der Waals surface area contributed by atoms with Gasteiger partial charge >= 0.3 is 6.03 Å². The van der Waals surface area contributed by atoms with Gasteiger partial charge in [0, 0.05) is 24.5 Å². The van der Waals surface area contributed by atoms with Gasteiger partial charge in [-0.25, -0.2) is 4.79 Å². The monoisotopic (exact) mass is 343 g/mol. The Bertz CT molecular complexity index is 692. The minimum atomic E-state index is -1.25. The maximum Gasteiger partial charge on any atom is 0.319 e. The molecule has 134 valence electrons. The van der Waals surface area contributed by atoms with E-state index in [4.69, 9.17) is 4.42 Å². The fraction of sp³-hybridized carbons (Fsp3) is 0.421. The third-order valence-electron chi connectivity index (χ3n) is 4.47. The van der Waals surface area contributed by atoms with Crippen molar-refractivity contribution in [1.82, 2.24) is 5.32 Å². The highest BCUT2D eigenvalue weighted by Gasteiger charge is 2.26. The smallest absolute Gasteiger partial charge is 0.319 e. The van der Waals surface area contributed by atoms with Crippen molar-refractivity contribution >= 4 is 17.4 Å². The van der Waals surface area contributed by atoms with Crippen molar-refractivity contribution in [3.63, 3.8) is 0 Å². The Hall–Kier alpha value is -2.47. The SMILES string of the molecule is CC(O)(CNC(=O)Nc1cccc(N2CCCCC2)c1)c1ccco1. The molecule has 1 atom stereocenters. The standard InChI is InChI=1S/C19H25N3O3/c1-19(24,17-9-6-12-25-17)14-20-18(23)21-15-7-5-8-16(13-15)22-10-3-2-4-11-22/h5-9,12-13,24H,2-4,10-11,14H2,1H3,(H2,20,21,23). The van der Waals surface area contributed by atoms with Gasteiger partial charge in [0.2, 0.25) is 0 Å². The number of hydrogen-bond donors (Lipinski definition) is 3. The Morgan fingerprint density at radius 2 is 2.04 bits per heavy atom. The number of anilines is 2. The maximum atomic E-state index is 12.1. The van der Waals surface area contributed by atoms with Gasteiger partial charge in [0.15, 0.2) is 0 Å². The lowest BCUT2D eigenvalue weighted by molar-refractivity contribution is 0.0372. The Morgan fingerprint density at radius 1 is 1.24 bits per heavy atom. The van der Waals surface area contributed by atoms with Crippen LogP contribution in [0, 0.1) is 0 Å². The first-order chi connectivity index (χ1) is 12.0. The summed E-state index contributed by atoms with van der Waals surface area (Å²) in [6, 6.07) is 10.9. The largest absolute Gasteiger partial charge is 0.466 e. The van der Waals surface area contributed by atoms with Crippen LogP contribution in [0.25, 0.3) is 0 Å². The minimum absolute atomic E-state index is 0.0537. The maximum absolute atomic E-state index is 12.1. The van der Waals surface area contributed by atoms with E-state index in [1.54, 1.807) is 19.1 Å². The molecule has 0 saturated carbocycles. The number of rotatable bonds is 5. The van der Waals surface area contributed by atoms with Crippen LogP contribution >= 0.6 is 0 Å². The number of urea groups is 1. The fourth-order valence-electron chi connectivity index (χ4n) is 3.03. The number of nitrogens with zero attached hydrogens (tertiary/aromatic N) is 1. The molecule has 0 bridgehead atoms. The second-order valence-corrected chi connectivity index (χ2v) is 6.66. The predicted octanol–water partition coefficient (Wildman–Crippen LogP) is 3.30. The molecule has 0 radical (unpaired) electrons. The first-order valence-electron chi connectivity index (χ1n) is 8.71. The molecule has 25 heavy (non-hydrogen) atoms. The number of carbonyl (C=O) groups excluding carboxylic acids is 1. The molecular formula is C19H25N3O3. The van der Waals surface area contributed by atoms with Crippen molar-refractivity contribution in [2.45, 2.75) is 31.8 Å². The van der Waals surface area contributed by atoms with Crippen molar-refractivity contribution in [2.75, 3.05) is 29.9 Å². The number of carbonyl (C=O) groups is 1. The Balaban J connectivity index is 1.56. The van der Waals surface area contributed by atoms with Gasteiger partial charge in [0.05, 0.1) is 12.8 Å². The zero-order valence-electron chi connectivity index (χ0n) is 14.5. The second kappa shape index (κ2) is 7.61. The molecule has 1 aliphatic heterocycles. The molecule has 0 aliphatic carbocycles. The highest BCUT2D eigenvalue weighted by atomic mass is 16.4. The van der Waals surface area contributed by atoms with E-state index in [9.17, 15) is 9.90 Å². The van der Waals surface area contributed by atoms with E-state index in [1.165, 1.54) is 25.5 Å². The highest BCUT2D eigenvalue weighted by Crippen LogP contribution is 2.23. The molecule has 1 unspecified atom stereocenters. The number of furan rings is 1. The van der Waals surface area contributed by atoms with E-state index in [1.807, 2.05) is 18.2 Å². The molecule has 2 amide bonds. The number of piperidine rings is 1. The summed E-state index contributed by atoms with van der Waals surface area (Å²) in [6.45, 7) is 3.77. The predicted molar refractivity (Wildman–Crippen MR) is 97.8 cm³/mol. The van der Waals surface area contributed by atoms with Crippen LogP contribution in [0.15, 0.2) is 47.1 Å². The van der Waals surface area contributed by atoms with Gasteiger partial charge in [-0.3, -0.25) is 0 Å². The topological polar surface area (TPSA) is 77.7 Å². The normalized spacial score (nSPS) is 17.0. The number of hydrogen-bond acceptors (Lipinski definition) is 4. The molecule has 6 heteroatoms. The lowest BCUT2D eigenvalue weighted by Crippen LogP contribution is -2.40. The van der Waals surface area contributed by atoms with Crippen LogP contribution in [0.5, 0.6) is 0 Å². The van der Waals surface area contributed by atoms with Gasteiger partial charge < -0.3 is 25.1 Å². The molecule has 1 saturated heterocycles. The van der Waals surface area contributed by atoms with Crippen LogP contribution in [0.2, 0.25) is 0 Å². The van der Waals surface area contributed by atoms with Crippen molar-refractivity contribution in [3.8, 4) is 0 Å². The molecule has 1 fully saturated rings. The first kappa shape index (κ1) is 17.4. The molecule has 3 N–H and O–H groups in total. The lowest BCUT2D eigenvalue weighted by atomic mass is 10.0. The van der Waals surface area contributed by atoms with Gasteiger partial charge in [-0.1, -0.05) is 6.07 Å². The zero-order valence-corrected chi connectivity index (χ0v) is 14.5. The number of amides is 2. The van der Waals surface area contributed by atoms with Crippen LogP contribution in [-0.4, -0.2) is 30.8 Å². The molecule has 6 nitrogen and oxygen atoms in total. The molecule has 1 aliphatic rings. The summed E-state index contributed by atoms with van der Waals surface area (Å²) < 4.78 is 5.20. The average molecular weight is 343 g/mol. The van der Waals surface area contributed by atoms with Crippen molar-refractivity contribution in [3.05, 3.63) is 48.4 Å². The van der Waals surface area contributed by atoms with Crippen LogP contribution in [0.3, 0.4) is 0 Å². The summed E-state index contributed by atoms with van der Waals surface area (Å²) in [7, 11) is 0. The summed E-state index contributed by atoms with van der Waals surface area (Å²) in [4.78, 5) is 14.5. The third-order valence-corrected chi connectivity index (χ3v) is 4.47. The average Bonchev–Trinajstić information content (AvgIpc) is 3.17. The quantitative estimate of drug-likeness (QED) is 0.778. The van der Waals surface area contributed by atoms with Crippen LogP contribution in [0.1, 0.15) is 31.9 Å². The summed E-state index contributed by atoms with van der Waals surface area (Å²) in [5.74, 6) is 0.417. The van der Waals surface area contributed by atoms with E-state index in [0.717, 1.165) is 24.5 Å². The van der Waals surface area contributed by atoms with Gasteiger partial charge in [-0.05, 0) is 56.5 Å². The highest BCUT2D eigenvalue weighted by molar-refractivity contribution is 5.89. The van der Waals surface area contributed by atoms with Gasteiger partial charge in [-0.2, -0.15) is 0 Å². The fourth-order valence-corrected chi connectivity index (χ4v) is 3.03. The van der Waals surface area contributed by atoms with E-state index >= 15 is 0 Å². The lowest BCUT2D eigenvalue weighted by Gasteiger charge is -2.29. The molecular weight excluding hydrogens is 318 g/mol. The number of nitrogens with one attached hydrogen (secondary N) is 2. The van der Waals surface area contributed by atoms with Crippen LogP contribution < -0.4 is 15.5 Å².